The Bertz CT molecular complexity index is 435. The molecular weight excluding hydrogens is 238 g/mol. The van der Waals surface area contributed by atoms with Crippen LogP contribution in [0.2, 0.25) is 0 Å². The van der Waals surface area contributed by atoms with Crippen LogP contribution >= 0.6 is 0 Å². The summed E-state index contributed by atoms with van der Waals surface area (Å²) >= 11 is 0. The number of rotatable bonds is 4. The molecule has 1 aromatic carbocycles. The number of benzene rings is 1. The smallest absolute Gasteiger partial charge is 0.299 e. The Morgan fingerprint density at radius 1 is 1.35 bits per heavy atom. The van der Waals surface area contributed by atoms with Crippen molar-refractivity contribution in [1.29, 1.82) is 0 Å². The fourth-order valence-corrected chi connectivity index (χ4v) is 1.42. The van der Waals surface area contributed by atoms with Crippen molar-refractivity contribution < 1.29 is 22.7 Å². The van der Waals surface area contributed by atoms with Crippen LogP contribution in [0.25, 0.3) is 0 Å². The summed E-state index contributed by atoms with van der Waals surface area (Å²) in [7, 11) is 0. The van der Waals surface area contributed by atoms with E-state index in [4.69, 9.17) is 5.73 Å². The first-order valence-corrected chi connectivity index (χ1v) is 4.68. The summed E-state index contributed by atoms with van der Waals surface area (Å²) in [5.74, 6) is -6.06. The van der Waals surface area contributed by atoms with E-state index in [0.29, 0.717) is 6.07 Å². The van der Waals surface area contributed by atoms with Crippen LogP contribution in [0.1, 0.15) is 5.56 Å². The van der Waals surface area contributed by atoms with Gasteiger partial charge in [0.05, 0.1) is 0 Å². The number of aliphatic hydroxyl groups is 1. The Labute approximate surface area is 95.4 Å². The van der Waals surface area contributed by atoms with Gasteiger partial charge < -0.3 is 10.8 Å². The number of halogens is 4. The van der Waals surface area contributed by atoms with E-state index >= 15 is 0 Å². The monoisotopic (exact) mass is 249 g/mol. The van der Waals surface area contributed by atoms with E-state index in [2.05, 4.69) is 6.58 Å². The Hall–Kier alpha value is -1.40. The lowest BCUT2D eigenvalue weighted by Crippen LogP contribution is -2.50. The average molecular weight is 249 g/mol. The molecule has 0 aliphatic heterocycles. The zero-order chi connectivity index (χ0) is 13.3. The first-order chi connectivity index (χ1) is 7.78. The second kappa shape index (κ2) is 4.46. The fourth-order valence-electron chi connectivity index (χ4n) is 1.42. The van der Waals surface area contributed by atoms with Crippen LogP contribution in [0.3, 0.4) is 0 Å². The number of hydrogen-bond acceptors (Lipinski definition) is 2. The van der Waals surface area contributed by atoms with Crippen LogP contribution < -0.4 is 5.73 Å². The molecule has 0 aliphatic rings. The van der Waals surface area contributed by atoms with Gasteiger partial charge in [-0.3, -0.25) is 0 Å². The first kappa shape index (κ1) is 13.7. The summed E-state index contributed by atoms with van der Waals surface area (Å²) < 4.78 is 53.0. The lowest BCUT2D eigenvalue weighted by atomic mass is 9.87. The van der Waals surface area contributed by atoms with Gasteiger partial charge in [-0.15, -0.1) is 0 Å². The van der Waals surface area contributed by atoms with Crippen molar-refractivity contribution in [3.63, 3.8) is 0 Å². The van der Waals surface area contributed by atoms with Gasteiger partial charge in [-0.1, -0.05) is 12.6 Å². The summed E-state index contributed by atoms with van der Waals surface area (Å²) in [6.07, 6.45) is 0.169. The van der Waals surface area contributed by atoms with Crippen LogP contribution in [-0.2, 0) is 5.60 Å². The van der Waals surface area contributed by atoms with Crippen LogP contribution in [0, 0.1) is 11.6 Å². The predicted molar refractivity (Wildman–Crippen MR) is 54.5 cm³/mol. The van der Waals surface area contributed by atoms with Crippen molar-refractivity contribution in [3.8, 4) is 0 Å². The van der Waals surface area contributed by atoms with Gasteiger partial charge in [-0.05, 0) is 12.1 Å². The van der Waals surface area contributed by atoms with Gasteiger partial charge in [-0.2, -0.15) is 8.78 Å². The predicted octanol–water partition coefficient (Wildman–Crippen LogP) is 1.93. The Kier molecular flexibility index (Phi) is 3.59. The molecule has 0 saturated heterocycles. The van der Waals surface area contributed by atoms with Crippen LogP contribution in [0.4, 0.5) is 17.6 Å². The highest BCUT2D eigenvalue weighted by molar-refractivity contribution is 5.30. The minimum absolute atomic E-state index is 0.169. The number of nitrogens with two attached hydrogens (primary N) is 1. The van der Waals surface area contributed by atoms with Crippen LogP contribution in [0.5, 0.6) is 0 Å². The summed E-state index contributed by atoms with van der Waals surface area (Å²) in [6.45, 7) is 1.92. The summed E-state index contributed by atoms with van der Waals surface area (Å²) in [5.41, 5.74) is 1.35. The van der Waals surface area contributed by atoms with Crippen molar-refractivity contribution in [2.75, 3.05) is 6.54 Å². The van der Waals surface area contributed by atoms with Gasteiger partial charge in [0, 0.05) is 18.2 Å². The maximum absolute atomic E-state index is 13.5. The Morgan fingerprint density at radius 2 is 1.94 bits per heavy atom. The van der Waals surface area contributed by atoms with Gasteiger partial charge >= 0.3 is 0 Å². The second-order valence-electron chi connectivity index (χ2n) is 3.52. The first-order valence-electron chi connectivity index (χ1n) is 4.68. The molecule has 1 atom stereocenters. The average Bonchev–Trinajstić information content (AvgIpc) is 2.27. The molecule has 94 valence electrons. The molecule has 0 spiro atoms. The number of alkyl halides is 2. The third-order valence-electron chi connectivity index (χ3n) is 2.48. The lowest BCUT2D eigenvalue weighted by Gasteiger charge is -2.33. The Balaban J connectivity index is 3.40. The number of hydrogen-bond donors (Lipinski definition) is 2. The van der Waals surface area contributed by atoms with Gasteiger partial charge in [0.1, 0.15) is 11.6 Å². The third-order valence-corrected chi connectivity index (χ3v) is 2.48. The molecular formula is C11H11F4NO. The summed E-state index contributed by atoms with van der Waals surface area (Å²) in [5, 5.41) is 9.78. The van der Waals surface area contributed by atoms with Gasteiger partial charge in [0.2, 0.25) is 0 Å². The molecule has 3 N–H and O–H groups in total. The highest BCUT2D eigenvalue weighted by Crippen LogP contribution is 2.39. The van der Waals surface area contributed by atoms with E-state index in [0.717, 1.165) is 12.1 Å². The fraction of sp³-hybridized carbons (Fsp3) is 0.273. The SMILES string of the molecule is C=CC(F)(F)C(O)(CN)c1ccc(F)cc1F. The molecule has 2 nitrogen and oxygen atoms in total. The summed E-state index contributed by atoms with van der Waals surface area (Å²) in [4.78, 5) is 0. The van der Waals surface area contributed by atoms with Gasteiger partial charge in [0.15, 0.2) is 5.60 Å². The minimum Gasteiger partial charge on any atom is -0.377 e. The van der Waals surface area contributed by atoms with Crippen LogP contribution in [0.15, 0.2) is 30.9 Å². The molecule has 1 rings (SSSR count). The third kappa shape index (κ3) is 2.18. The summed E-state index contributed by atoms with van der Waals surface area (Å²) in [6, 6.07) is 1.89. The van der Waals surface area contributed by atoms with Crippen molar-refractivity contribution in [3.05, 3.63) is 48.1 Å². The van der Waals surface area contributed by atoms with E-state index < -0.39 is 35.3 Å². The van der Waals surface area contributed by atoms with E-state index in [-0.39, 0.29) is 6.08 Å². The topological polar surface area (TPSA) is 46.2 Å². The Morgan fingerprint density at radius 3 is 2.35 bits per heavy atom. The largest absolute Gasteiger partial charge is 0.377 e. The zero-order valence-corrected chi connectivity index (χ0v) is 8.76. The zero-order valence-electron chi connectivity index (χ0n) is 8.76. The molecule has 0 aliphatic carbocycles. The van der Waals surface area contributed by atoms with E-state index in [1.807, 2.05) is 0 Å². The highest BCUT2D eigenvalue weighted by Gasteiger charge is 2.52. The molecule has 0 radical (unpaired) electrons. The molecule has 0 fully saturated rings. The van der Waals surface area contributed by atoms with Gasteiger partial charge in [-0.25, -0.2) is 8.78 Å². The molecule has 0 amide bonds. The molecule has 0 heterocycles. The van der Waals surface area contributed by atoms with Crippen molar-refractivity contribution in [1.82, 2.24) is 0 Å². The maximum atomic E-state index is 13.5. The molecule has 17 heavy (non-hydrogen) atoms. The minimum atomic E-state index is -3.83. The van der Waals surface area contributed by atoms with E-state index in [1.165, 1.54) is 0 Å². The highest BCUT2D eigenvalue weighted by atomic mass is 19.3. The van der Waals surface area contributed by atoms with Crippen molar-refractivity contribution in [2.24, 2.45) is 5.73 Å². The van der Waals surface area contributed by atoms with E-state index in [1.54, 1.807) is 0 Å². The molecule has 0 aromatic heterocycles. The molecule has 0 bridgehead atoms. The van der Waals surface area contributed by atoms with Crippen LogP contribution in [-0.4, -0.2) is 17.6 Å². The van der Waals surface area contributed by atoms with Crippen molar-refractivity contribution >= 4 is 0 Å². The molecule has 0 saturated carbocycles. The normalized spacial score (nSPS) is 15.4. The quantitative estimate of drug-likeness (QED) is 0.632. The second-order valence-corrected chi connectivity index (χ2v) is 3.52. The molecule has 1 unspecified atom stereocenters. The lowest BCUT2D eigenvalue weighted by molar-refractivity contribution is -0.151. The maximum Gasteiger partial charge on any atom is 0.299 e. The standard InChI is InChI=1S/C11H11F4NO/c1-2-11(14,15)10(17,6-16)8-4-3-7(12)5-9(8)13/h2-5,17H,1,6,16H2. The molecule has 1 aromatic rings. The van der Waals surface area contributed by atoms with Gasteiger partial charge in [0.25, 0.3) is 5.92 Å². The van der Waals surface area contributed by atoms with E-state index in [9.17, 15) is 22.7 Å². The van der Waals surface area contributed by atoms with Crippen molar-refractivity contribution in [2.45, 2.75) is 11.5 Å². The molecule has 6 heteroatoms.